The Morgan fingerprint density at radius 1 is 0.969 bits per heavy atom. The molecule has 3 heterocycles. The number of halogens is 1. The van der Waals surface area contributed by atoms with Gasteiger partial charge in [0.1, 0.15) is 30.5 Å². The molecule has 2 aromatic carbocycles. The largest absolute Gasteiger partial charge is 0.386 e. The molecule has 160 valence electrons. The van der Waals surface area contributed by atoms with E-state index in [0.29, 0.717) is 17.0 Å². The number of nitrogens with zero attached hydrogens (tertiary/aromatic N) is 4. The first-order valence-electron chi connectivity index (χ1n) is 9.89. The number of rotatable bonds is 3. The Labute approximate surface area is 182 Å². The molecular formula is C23H18FN5O3. The van der Waals surface area contributed by atoms with Crippen molar-refractivity contribution < 1.29 is 19.3 Å². The van der Waals surface area contributed by atoms with Gasteiger partial charge in [0.25, 0.3) is 0 Å². The van der Waals surface area contributed by atoms with Gasteiger partial charge < -0.3 is 20.3 Å². The number of imidazole rings is 1. The number of fused-ring (bicyclic) bond motifs is 1. The molecule has 0 radical (unpaired) electrons. The zero-order chi connectivity index (χ0) is 22.1. The van der Waals surface area contributed by atoms with E-state index < -0.39 is 30.4 Å². The van der Waals surface area contributed by atoms with Gasteiger partial charge in [-0.15, -0.1) is 0 Å². The fraction of sp³-hybridized carbons (Fsp3) is 0.174. The van der Waals surface area contributed by atoms with Gasteiger partial charge in [-0.3, -0.25) is 4.57 Å². The van der Waals surface area contributed by atoms with Gasteiger partial charge in [0, 0.05) is 5.69 Å². The first-order valence-corrected chi connectivity index (χ1v) is 9.89. The van der Waals surface area contributed by atoms with Crippen molar-refractivity contribution in [3.05, 3.63) is 78.6 Å². The Morgan fingerprint density at radius 3 is 2.56 bits per heavy atom. The number of hydrogen-bond donors (Lipinski definition) is 3. The summed E-state index contributed by atoms with van der Waals surface area (Å²) in [4.78, 5) is 12.9. The molecule has 4 aromatic rings. The monoisotopic (exact) mass is 431 g/mol. The van der Waals surface area contributed by atoms with Gasteiger partial charge in [-0.2, -0.15) is 0 Å². The molecule has 3 N–H and O–H groups in total. The second-order valence-corrected chi connectivity index (χ2v) is 7.21. The molecule has 1 aliphatic heterocycles. The van der Waals surface area contributed by atoms with E-state index in [9.17, 15) is 14.6 Å². The summed E-state index contributed by atoms with van der Waals surface area (Å²) in [7, 11) is 0. The Balaban J connectivity index is 1.43. The Hall–Kier alpha value is -3.84. The summed E-state index contributed by atoms with van der Waals surface area (Å²) in [6.45, 7) is 0. The summed E-state index contributed by atoms with van der Waals surface area (Å²) in [5.74, 6) is 5.38. The molecule has 32 heavy (non-hydrogen) atoms. The summed E-state index contributed by atoms with van der Waals surface area (Å²) in [6.07, 6.45) is -1.74. The third-order valence-corrected chi connectivity index (χ3v) is 5.13. The number of anilines is 2. The van der Waals surface area contributed by atoms with Crippen molar-refractivity contribution in [3.63, 3.8) is 0 Å². The molecule has 0 bridgehead atoms. The lowest BCUT2D eigenvalue weighted by Gasteiger charge is -2.16. The van der Waals surface area contributed by atoms with Crippen LogP contribution in [0.5, 0.6) is 0 Å². The van der Waals surface area contributed by atoms with E-state index in [4.69, 9.17) is 4.74 Å². The third-order valence-electron chi connectivity index (χ3n) is 5.13. The highest BCUT2D eigenvalue weighted by Gasteiger charge is 2.43. The van der Waals surface area contributed by atoms with Crippen molar-refractivity contribution in [2.24, 2.45) is 0 Å². The quantitative estimate of drug-likeness (QED) is 0.428. The van der Waals surface area contributed by atoms with Crippen LogP contribution in [0.15, 0.2) is 67.3 Å². The van der Waals surface area contributed by atoms with Crippen molar-refractivity contribution >= 4 is 22.7 Å². The maximum atomic E-state index is 13.8. The first kappa shape index (κ1) is 20.1. The van der Waals surface area contributed by atoms with Gasteiger partial charge >= 0.3 is 0 Å². The van der Waals surface area contributed by atoms with Gasteiger partial charge in [0.2, 0.25) is 0 Å². The molecule has 2 aromatic heterocycles. The number of ether oxygens (including phenoxy) is 1. The van der Waals surface area contributed by atoms with Crippen LogP contribution in [-0.2, 0) is 4.74 Å². The predicted octanol–water partition coefficient (Wildman–Crippen LogP) is 2.38. The second-order valence-electron chi connectivity index (χ2n) is 7.21. The van der Waals surface area contributed by atoms with Crippen LogP contribution >= 0.6 is 0 Å². The van der Waals surface area contributed by atoms with Gasteiger partial charge in [0.05, 0.1) is 11.9 Å². The fourth-order valence-corrected chi connectivity index (χ4v) is 3.51. The molecule has 1 fully saturated rings. The smallest absolute Gasteiger partial charge is 0.167 e. The van der Waals surface area contributed by atoms with Gasteiger partial charge in [-0.1, -0.05) is 42.2 Å². The molecule has 1 saturated heterocycles. The minimum Gasteiger partial charge on any atom is -0.386 e. The minimum atomic E-state index is -1.29. The molecule has 8 nitrogen and oxygen atoms in total. The number of aliphatic hydroxyl groups excluding tert-OH is 2. The molecule has 1 aliphatic rings. The molecule has 0 unspecified atom stereocenters. The van der Waals surface area contributed by atoms with E-state index >= 15 is 0 Å². The number of aromatic nitrogens is 4. The highest BCUT2D eigenvalue weighted by molar-refractivity contribution is 5.85. The maximum Gasteiger partial charge on any atom is 0.167 e. The number of hydrogen-bond acceptors (Lipinski definition) is 7. The zero-order valence-corrected chi connectivity index (χ0v) is 16.6. The van der Waals surface area contributed by atoms with Crippen LogP contribution in [0.3, 0.4) is 0 Å². The number of aliphatic hydroxyl groups is 2. The van der Waals surface area contributed by atoms with Crippen molar-refractivity contribution in [1.29, 1.82) is 0 Å². The summed E-state index contributed by atoms with van der Waals surface area (Å²) < 4.78 is 21.1. The van der Waals surface area contributed by atoms with Crippen LogP contribution in [0.2, 0.25) is 0 Å². The van der Waals surface area contributed by atoms with E-state index in [1.54, 1.807) is 12.1 Å². The van der Waals surface area contributed by atoms with E-state index in [2.05, 4.69) is 32.1 Å². The molecule has 0 saturated carbocycles. The average molecular weight is 431 g/mol. The molecule has 4 atom stereocenters. The van der Waals surface area contributed by atoms with Crippen LogP contribution in [0.1, 0.15) is 11.8 Å². The van der Waals surface area contributed by atoms with Crippen molar-refractivity contribution in [1.82, 2.24) is 19.5 Å². The van der Waals surface area contributed by atoms with Gasteiger partial charge in [-0.25, -0.2) is 19.3 Å². The van der Waals surface area contributed by atoms with Crippen LogP contribution in [0, 0.1) is 17.7 Å². The number of para-hydroxylation sites is 1. The summed E-state index contributed by atoms with van der Waals surface area (Å²) in [6, 6.07) is 15.5. The molecular weight excluding hydrogens is 413 g/mol. The van der Waals surface area contributed by atoms with Crippen molar-refractivity contribution in [2.45, 2.75) is 24.5 Å². The molecule has 0 amide bonds. The highest BCUT2D eigenvalue weighted by atomic mass is 19.1. The zero-order valence-electron chi connectivity index (χ0n) is 16.6. The minimum absolute atomic E-state index is 0.179. The highest BCUT2D eigenvalue weighted by Crippen LogP contribution is 2.32. The number of benzene rings is 2. The second kappa shape index (κ2) is 8.36. The standard InChI is InChI=1S/C23H18FN5O3/c24-16-9-5-4-6-14(16)10-11-17-19(30)20(31)23(32-17)29-13-27-18-21(25-12-26-22(18)29)28-15-7-2-1-3-8-15/h1-9,12-13,17,19-20,23,30-31H,(H,25,26,28)/t17-,19-,20-,23-/m1/s1. The maximum absolute atomic E-state index is 13.8. The molecule has 0 aliphatic carbocycles. The summed E-state index contributed by atoms with van der Waals surface area (Å²) in [5.41, 5.74) is 1.90. The van der Waals surface area contributed by atoms with E-state index in [1.807, 2.05) is 30.3 Å². The van der Waals surface area contributed by atoms with Crippen LogP contribution < -0.4 is 5.32 Å². The van der Waals surface area contributed by atoms with Crippen molar-refractivity contribution in [3.8, 4) is 11.8 Å². The Bertz CT molecular complexity index is 1320. The lowest BCUT2D eigenvalue weighted by Crippen LogP contribution is -2.30. The van der Waals surface area contributed by atoms with E-state index in [0.717, 1.165) is 5.69 Å². The lowest BCUT2D eigenvalue weighted by atomic mass is 10.1. The predicted molar refractivity (Wildman–Crippen MR) is 114 cm³/mol. The average Bonchev–Trinajstić information content (AvgIpc) is 3.36. The molecule has 5 rings (SSSR count). The lowest BCUT2D eigenvalue weighted by molar-refractivity contribution is -0.0230. The van der Waals surface area contributed by atoms with Gasteiger partial charge in [0.15, 0.2) is 23.2 Å². The Kier molecular flexibility index (Phi) is 5.25. The van der Waals surface area contributed by atoms with Crippen LogP contribution in [0.25, 0.3) is 11.2 Å². The fourth-order valence-electron chi connectivity index (χ4n) is 3.51. The van der Waals surface area contributed by atoms with Crippen LogP contribution in [0.4, 0.5) is 15.9 Å². The van der Waals surface area contributed by atoms with Gasteiger partial charge in [-0.05, 0) is 24.3 Å². The van der Waals surface area contributed by atoms with Crippen LogP contribution in [-0.4, -0.2) is 48.0 Å². The third kappa shape index (κ3) is 3.67. The Morgan fingerprint density at radius 2 is 1.75 bits per heavy atom. The van der Waals surface area contributed by atoms with E-state index in [-0.39, 0.29) is 5.56 Å². The summed E-state index contributed by atoms with van der Waals surface area (Å²) >= 11 is 0. The normalized spacial score (nSPS) is 22.5. The van der Waals surface area contributed by atoms with E-state index in [1.165, 1.54) is 29.4 Å². The SMILES string of the molecule is O[C@@H]1[C@H](O)[C@@H](C#Cc2ccccc2F)O[C@H]1n1cnc2c(Nc3ccccc3)ncnc21. The topological polar surface area (TPSA) is 105 Å². The first-order chi connectivity index (χ1) is 15.6. The molecule has 9 heteroatoms. The summed E-state index contributed by atoms with van der Waals surface area (Å²) in [5, 5.41) is 24.2. The number of nitrogens with one attached hydrogen (secondary N) is 1. The van der Waals surface area contributed by atoms with Crippen molar-refractivity contribution in [2.75, 3.05) is 5.32 Å². The molecule has 0 spiro atoms.